The molecule has 0 N–H and O–H groups in total. The van der Waals surface area contributed by atoms with Crippen molar-refractivity contribution < 1.29 is 14.3 Å². The number of carbonyl (C=O) groups excluding carboxylic acids is 2. The second kappa shape index (κ2) is 8.98. The molecule has 0 unspecified atom stereocenters. The van der Waals surface area contributed by atoms with Gasteiger partial charge in [-0.3, -0.25) is 4.79 Å². The number of esters is 1. The smallest absolute Gasteiger partial charge is 0.338 e. The molecule has 0 heterocycles. The Balaban J connectivity index is 1.41. The molecule has 0 bridgehead atoms. The van der Waals surface area contributed by atoms with E-state index in [4.69, 9.17) is 4.74 Å². The first-order chi connectivity index (χ1) is 13.0. The van der Waals surface area contributed by atoms with Gasteiger partial charge in [0.15, 0.2) is 5.78 Å². The second-order valence-electron chi connectivity index (χ2n) is 7.84. The van der Waals surface area contributed by atoms with Crippen molar-refractivity contribution in [3.05, 3.63) is 70.8 Å². The van der Waals surface area contributed by atoms with E-state index in [9.17, 15) is 9.59 Å². The van der Waals surface area contributed by atoms with Crippen molar-refractivity contribution in [2.75, 3.05) is 6.61 Å². The van der Waals surface area contributed by atoms with Gasteiger partial charge in [0.2, 0.25) is 0 Å². The highest BCUT2D eigenvalue weighted by atomic mass is 16.5. The van der Waals surface area contributed by atoms with Crippen molar-refractivity contribution in [1.82, 2.24) is 0 Å². The predicted octanol–water partition coefficient (Wildman–Crippen LogP) is 5.54. The maximum absolute atomic E-state index is 12.4. The Labute approximate surface area is 161 Å². The minimum atomic E-state index is -0.244. The van der Waals surface area contributed by atoms with Crippen molar-refractivity contribution in [1.29, 1.82) is 0 Å². The third-order valence-corrected chi connectivity index (χ3v) is 5.55. The first-order valence-corrected chi connectivity index (χ1v) is 9.85. The van der Waals surface area contributed by atoms with Crippen LogP contribution < -0.4 is 0 Å². The first kappa shape index (κ1) is 19.3. The van der Waals surface area contributed by atoms with Crippen LogP contribution in [0.15, 0.2) is 48.5 Å². The minimum absolute atomic E-state index is 0.240. The zero-order valence-corrected chi connectivity index (χ0v) is 16.2. The van der Waals surface area contributed by atoms with Gasteiger partial charge >= 0.3 is 5.97 Å². The summed E-state index contributed by atoms with van der Waals surface area (Å²) >= 11 is 0. The van der Waals surface area contributed by atoms with E-state index in [-0.39, 0.29) is 11.8 Å². The van der Waals surface area contributed by atoms with Crippen LogP contribution in [0.3, 0.4) is 0 Å². The summed E-state index contributed by atoms with van der Waals surface area (Å²) < 4.78 is 5.50. The monoisotopic (exact) mass is 364 g/mol. The highest BCUT2D eigenvalue weighted by Gasteiger charge is 2.24. The lowest BCUT2D eigenvalue weighted by Gasteiger charge is -2.27. The second-order valence-corrected chi connectivity index (χ2v) is 7.84. The summed E-state index contributed by atoms with van der Waals surface area (Å²) in [4.78, 5) is 24.6. The molecule has 1 saturated carbocycles. The summed E-state index contributed by atoms with van der Waals surface area (Å²) in [6, 6.07) is 15.3. The number of hydrogen-bond acceptors (Lipinski definition) is 3. The lowest BCUT2D eigenvalue weighted by molar-refractivity contribution is 0.0394. The molecule has 0 amide bonds. The van der Waals surface area contributed by atoms with Gasteiger partial charge in [-0.2, -0.15) is 0 Å². The Kier molecular flexibility index (Phi) is 6.44. The molecule has 0 atom stereocenters. The topological polar surface area (TPSA) is 43.4 Å². The van der Waals surface area contributed by atoms with Gasteiger partial charge in [-0.05, 0) is 63.5 Å². The van der Waals surface area contributed by atoms with Crippen LogP contribution in [0.5, 0.6) is 0 Å². The normalized spacial score (nSPS) is 19.5. The zero-order valence-electron chi connectivity index (χ0n) is 16.2. The van der Waals surface area contributed by atoms with Gasteiger partial charge in [0.1, 0.15) is 0 Å². The standard InChI is InChI=1S/C24H28O3/c1-17-3-11-21(12-4-17)23(25)15-19-7-9-20(10-8-19)16-27-24(26)22-13-5-18(2)6-14-22/h3-6,11-14,19-20H,7-10,15-16H2,1-2H3. The molecule has 27 heavy (non-hydrogen) atoms. The van der Waals surface area contributed by atoms with Crippen molar-refractivity contribution >= 4 is 11.8 Å². The Morgan fingerprint density at radius 3 is 1.81 bits per heavy atom. The summed E-state index contributed by atoms with van der Waals surface area (Å²) in [6.07, 6.45) is 4.73. The third-order valence-electron chi connectivity index (χ3n) is 5.55. The van der Waals surface area contributed by atoms with Crippen LogP contribution in [0, 0.1) is 25.7 Å². The molecule has 2 aromatic rings. The number of aryl methyl sites for hydroxylation is 2. The van der Waals surface area contributed by atoms with E-state index >= 15 is 0 Å². The third kappa shape index (κ3) is 5.53. The summed E-state index contributed by atoms with van der Waals surface area (Å²) in [5.41, 5.74) is 3.73. The number of ether oxygens (including phenoxy) is 1. The van der Waals surface area contributed by atoms with Crippen molar-refractivity contribution in [2.24, 2.45) is 11.8 Å². The number of hydrogen-bond donors (Lipinski definition) is 0. The summed E-state index contributed by atoms with van der Waals surface area (Å²) in [7, 11) is 0. The molecule has 0 aromatic heterocycles. The van der Waals surface area contributed by atoms with E-state index in [0.717, 1.165) is 36.8 Å². The van der Waals surface area contributed by atoms with E-state index in [1.165, 1.54) is 5.56 Å². The number of benzene rings is 2. The lowest BCUT2D eigenvalue weighted by Crippen LogP contribution is -2.22. The Morgan fingerprint density at radius 2 is 1.26 bits per heavy atom. The fourth-order valence-corrected chi connectivity index (χ4v) is 3.69. The Bertz CT molecular complexity index is 766. The average Bonchev–Trinajstić information content (AvgIpc) is 2.68. The molecule has 3 rings (SSSR count). The van der Waals surface area contributed by atoms with E-state index in [2.05, 4.69) is 0 Å². The van der Waals surface area contributed by atoms with Crippen LogP contribution >= 0.6 is 0 Å². The highest BCUT2D eigenvalue weighted by molar-refractivity contribution is 5.96. The van der Waals surface area contributed by atoms with Crippen LogP contribution in [0.1, 0.15) is 63.9 Å². The zero-order chi connectivity index (χ0) is 19.2. The quantitative estimate of drug-likeness (QED) is 0.499. The molecule has 1 aliphatic carbocycles. The van der Waals surface area contributed by atoms with Gasteiger partial charge in [-0.15, -0.1) is 0 Å². The van der Waals surface area contributed by atoms with Crippen molar-refractivity contribution in [3.63, 3.8) is 0 Å². The molecule has 3 heteroatoms. The van der Waals surface area contributed by atoms with Crippen LogP contribution in [0.25, 0.3) is 0 Å². The predicted molar refractivity (Wildman–Crippen MR) is 107 cm³/mol. The van der Waals surface area contributed by atoms with Crippen LogP contribution in [0.4, 0.5) is 0 Å². The first-order valence-electron chi connectivity index (χ1n) is 9.85. The fourth-order valence-electron chi connectivity index (χ4n) is 3.69. The molecule has 0 spiro atoms. The van der Waals surface area contributed by atoms with Crippen LogP contribution in [0.2, 0.25) is 0 Å². The minimum Gasteiger partial charge on any atom is -0.462 e. The van der Waals surface area contributed by atoms with Crippen LogP contribution in [-0.4, -0.2) is 18.4 Å². The maximum Gasteiger partial charge on any atom is 0.338 e. The summed E-state index contributed by atoms with van der Waals surface area (Å²) in [6.45, 7) is 4.50. The SMILES string of the molecule is Cc1ccc(C(=O)CC2CCC(COC(=O)c3ccc(C)cc3)CC2)cc1. The number of Topliss-reactive ketones (excluding diaryl/α,β-unsaturated/α-hetero) is 1. The largest absolute Gasteiger partial charge is 0.462 e. The average molecular weight is 364 g/mol. The molecule has 0 radical (unpaired) electrons. The number of rotatable bonds is 6. The lowest BCUT2D eigenvalue weighted by atomic mass is 9.79. The molecule has 1 fully saturated rings. The van der Waals surface area contributed by atoms with E-state index in [1.807, 2.05) is 62.4 Å². The van der Waals surface area contributed by atoms with E-state index in [0.29, 0.717) is 30.4 Å². The Morgan fingerprint density at radius 1 is 0.778 bits per heavy atom. The summed E-state index contributed by atoms with van der Waals surface area (Å²) in [5, 5.41) is 0. The fraction of sp³-hybridized carbons (Fsp3) is 0.417. The highest BCUT2D eigenvalue weighted by Crippen LogP contribution is 2.32. The van der Waals surface area contributed by atoms with E-state index < -0.39 is 0 Å². The van der Waals surface area contributed by atoms with Gasteiger partial charge < -0.3 is 4.74 Å². The summed E-state index contributed by atoms with van der Waals surface area (Å²) in [5.74, 6) is 0.851. The maximum atomic E-state index is 12.4. The number of carbonyl (C=O) groups is 2. The van der Waals surface area contributed by atoms with Gasteiger partial charge in [0, 0.05) is 12.0 Å². The molecule has 142 valence electrons. The molecular weight excluding hydrogens is 336 g/mol. The Hall–Kier alpha value is -2.42. The molecular formula is C24H28O3. The molecule has 3 nitrogen and oxygen atoms in total. The van der Waals surface area contributed by atoms with Crippen molar-refractivity contribution in [2.45, 2.75) is 46.0 Å². The number of ketones is 1. The van der Waals surface area contributed by atoms with Gasteiger partial charge in [-0.1, -0.05) is 47.5 Å². The van der Waals surface area contributed by atoms with Crippen molar-refractivity contribution in [3.8, 4) is 0 Å². The molecule has 2 aromatic carbocycles. The molecule has 1 aliphatic rings. The van der Waals surface area contributed by atoms with E-state index in [1.54, 1.807) is 0 Å². The molecule has 0 aliphatic heterocycles. The van der Waals surface area contributed by atoms with Gasteiger partial charge in [-0.25, -0.2) is 4.79 Å². The van der Waals surface area contributed by atoms with Gasteiger partial charge in [0.25, 0.3) is 0 Å². The molecule has 0 saturated heterocycles. The van der Waals surface area contributed by atoms with Gasteiger partial charge in [0.05, 0.1) is 12.2 Å². The van der Waals surface area contributed by atoms with Crippen LogP contribution in [-0.2, 0) is 4.74 Å².